The number of rotatable bonds is 4. The van der Waals surface area contributed by atoms with Crippen LogP contribution in [0.25, 0.3) is 0 Å². The van der Waals surface area contributed by atoms with E-state index in [1.165, 1.54) is 35.6 Å². The molecule has 5 nitrogen and oxygen atoms in total. The average Bonchev–Trinajstić information content (AvgIpc) is 3.10. The first-order chi connectivity index (χ1) is 10.5. The van der Waals surface area contributed by atoms with Gasteiger partial charge in [0.1, 0.15) is 11.5 Å². The molecule has 118 valence electrons. The predicted octanol–water partition coefficient (Wildman–Crippen LogP) is 3.88. The van der Waals surface area contributed by atoms with Crippen LogP contribution >= 0.6 is 11.3 Å². The second-order valence-corrected chi connectivity index (χ2v) is 5.25. The summed E-state index contributed by atoms with van der Waals surface area (Å²) < 4.78 is 56.1. The molecule has 1 fully saturated rings. The third kappa shape index (κ3) is 3.87. The van der Waals surface area contributed by atoms with Crippen LogP contribution in [0, 0.1) is 0 Å². The zero-order chi connectivity index (χ0) is 15.6. The lowest BCUT2D eigenvalue weighted by molar-refractivity contribution is -0.274. The summed E-state index contributed by atoms with van der Waals surface area (Å²) in [7, 11) is 0. The number of hydrogen-bond donors (Lipinski definition) is 0. The van der Waals surface area contributed by atoms with Crippen LogP contribution in [-0.2, 0) is 9.47 Å². The van der Waals surface area contributed by atoms with E-state index < -0.39 is 12.7 Å². The standard InChI is InChI=1S/C13H10F3NO4S/c14-13(15,16)21-9-3-1-8(2-4-9)20-12-17-7-10(22-12)11-18-5-6-19-11/h1-4,7,11H,5-6H2. The summed E-state index contributed by atoms with van der Waals surface area (Å²) in [5.74, 6) is 0.0381. The van der Waals surface area contributed by atoms with Gasteiger partial charge in [0.25, 0.3) is 5.19 Å². The fourth-order valence-electron chi connectivity index (χ4n) is 1.76. The molecule has 1 aliphatic rings. The van der Waals surface area contributed by atoms with Gasteiger partial charge < -0.3 is 18.9 Å². The number of aromatic nitrogens is 1. The Balaban J connectivity index is 1.63. The molecule has 0 aliphatic carbocycles. The van der Waals surface area contributed by atoms with Crippen molar-refractivity contribution in [2.75, 3.05) is 13.2 Å². The Kier molecular flexibility index (Phi) is 4.19. The Hall–Kier alpha value is -1.84. The smallest absolute Gasteiger partial charge is 0.431 e. The Morgan fingerprint density at radius 3 is 2.36 bits per heavy atom. The van der Waals surface area contributed by atoms with Crippen LogP contribution in [0.2, 0.25) is 0 Å². The molecule has 0 bridgehead atoms. The van der Waals surface area contributed by atoms with Gasteiger partial charge in [-0.2, -0.15) is 0 Å². The van der Waals surface area contributed by atoms with Crippen LogP contribution in [0.3, 0.4) is 0 Å². The van der Waals surface area contributed by atoms with Gasteiger partial charge in [0.15, 0.2) is 6.29 Å². The third-order valence-corrected chi connectivity index (χ3v) is 3.52. The maximum absolute atomic E-state index is 12.1. The topological polar surface area (TPSA) is 49.8 Å². The number of ether oxygens (including phenoxy) is 4. The van der Waals surface area contributed by atoms with Crippen molar-refractivity contribution < 1.29 is 32.1 Å². The summed E-state index contributed by atoms with van der Waals surface area (Å²) in [5.41, 5.74) is 0. The molecule has 1 aromatic carbocycles. The van der Waals surface area contributed by atoms with Crippen LogP contribution in [0.5, 0.6) is 16.7 Å². The van der Waals surface area contributed by atoms with Crippen molar-refractivity contribution in [1.29, 1.82) is 0 Å². The van der Waals surface area contributed by atoms with Gasteiger partial charge in [0, 0.05) is 0 Å². The summed E-state index contributed by atoms with van der Waals surface area (Å²) in [5, 5.41) is 0.346. The van der Waals surface area contributed by atoms with E-state index >= 15 is 0 Å². The quantitative estimate of drug-likeness (QED) is 0.850. The minimum Gasteiger partial charge on any atom is -0.431 e. The summed E-state index contributed by atoms with van der Waals surface area (Å²) in [6.45, 7) is 1.05. The van der Waals surface area contributed by atoms with Crippen molar-refractivity contribution in [1.82, 2.24) is 4.98 Å². The zero-order valence-electron chi connectivity index (χ0n) is 11.0. The van der Waals surface area contributed by atoms with Crippen molar-refractivity contribution in [3.05, 3.63) is 35.3 Å². The van der Waals surface area contributed by atoms with Gasteiger partial charge in [-0.1, -0.05) is 11.3 Å². The van der Waals surface area contributed by atoms with Crippen LogP contribution in [0.15, 0.2) is 30.5 Å². The lowest BCUT2D eigenvalue weighted by Crippen LogP contribution is -2.16. The highest BCUT2D eigenvalue weighted by Gasteiger charge is 2.31. The summed E-state index contributed by atoms with van der Waals surface area (Å²) >= 11 is 1.24. The molecule has 9 heteroatoms. The molecule has 0 N–H and O–H groups in total. The number of halogens is 3. The fourth-order valence-corrected chi connectivity index (χ4v) is 2.54. The minimum atomic E-state index is -4.71. The highest BCUT2D eigenvalue weighted by molar-refractivity contribution is 7.13. The molecule has 0 spiro atoms. The van der Waals surface area contributed by atoms with Crippen molar-refractivity contribution in [3.8, 4) is 16.7 Å². The van der Waals surface area contributed by atoms with Crippen LogP contribution in [0.4, 0.5) is 13.2 Å². The van der Waals surface area contributed by atoms with Crippen molar-refractivity contribution in [2.45, 2.75) is 12.7 Å². The van der Waals surface area contributed by atoms with E-state index in [4.69, 9.17) is 14.2 Å². The van der Waals surface area contributed by atoms with Crippen molar-refractivity contribution in [3.63, 3.8) is 0 Å². The Morgan fingerprint density at radius 1 is 1.09 bits per heavy atom. The lowest BCUT2D eigenvalue weighted by Gasteiger charge is -2.09. The molecule has 22 heavy (non-hydrogen) atoms. The van der Waals surface area contributed by atoms with E-state index in [0.29, 0.717) is 24.2 Å². The molecule has 0 saturated carbocycles. The highest BCUT2D eigenvalue weighted by atomic mass is 32.1. The zero-order valence-corrected chi connectivity index (χ0v) is 11.8. The lowest BCUT2D eigenvalue weighted by atomic mass is 10.3. The Morgan fingerprint density at radius 2 is 1.73 bits per heavy atom. The van der Waals surface area contributed by atoms with E-state index in [2.05, 4.69) is 9.72 Å². The Labute approximate surface area is 127 Å². The molecular weight excluding hydrogens is 323 g/mol. The Bertz CT molecular complexity index is 623. The molecule has 0 atom stereocenters. The molecule has 1 aromatic heterocycles. The van der Waals surface area contributed by atoms with Crippen LogP contribution in [-0.4, -0.2) is 24.6 Å². The largest absolute Gasteiger partial charge is 0.573 e. The molecule has 2 aromatic rings. The average molecular weight is 333 g/mol. The molecule has 0 radical (unpaired) electrons. The highest BCUT2D eigenvalue weighted by Crippen LogP contribution is 2.34. The summed E-state index contributed by atoms with van der Waals surface area (Å²) in [6, 6.07) is 5.07. The normalized spacial score (nSPS) is 16.0. The van der Waals surface area contributed by atoms with Gasteiger partial charge >= 0.3 is 6.36 Å². The van der Waals surface area contributed by atoms with E-state index in [1.807, 2.05) is 0 Å². The second kappa shape index (κ2) is 6.11. The fraction of sp³-hybridized carbons (Fsp3) is 0.308. The predicted molar refractivity (Wildman–Crippen MR) is 70.0 cm³/mol. The molecule has 0 unspecified atom stereocenters. The molecule has 1 aliphatic heterocycles. The van der Waals surface area contributed by atoms with Crippen molar-refractivity contribution >= 4 is 11.3 Å². The van der Waals surface area contributed by atoms with E-state index in [0.717, 1.165) is 4.88 Å². The first-order valence-corrected chi connectivity index (χ1v) is 7.04. The molecule has 1 saturated heterocycles. The number of hydrogen-bond acceptors (Lipinski definition) is 6. The maximum atomic E-state index is 12.1. The van der Waals surface area contributed by atoms with Gasteiger partial charge in [0.05, 0.1) is 24.3 Å². The minimum absolute atomic E-state index is 0.313. The van der Waals surface area contributed by atoms with Crippen molar-refractivity contribution in [2.24, 2.45) is 0 Å². The van der Waals surface area contributed by atoms with E-state index in [-0.39, 0.29) is 5.75 Å². The number of nitrogens with zero attached hydrogens (tertiary/aromatic N) is 1. The molecule has 2 heterocycles. The van der Waals surface area contributed by atoms with Crippen LogP contribution in [0.1, 0.15) is 11.2 Å². The number of thiazole rings is 1. The van der Waals surface area contributed by atoms with Gasteiger partial charge in [-0.25, -0.2) is 4.98 Å². The molecular formula is C13H10F3NO4S. The first kappa shape index (κ1) is 15.1. The monoisotopic (exact) mass is 333 g/mol. The SMILES string of the molecule is FC(F)(F)Oc1ccc(Oc2ncc(C3OCCO3)s2)cc1. The van der Waals surface area contributed by atoms with E-state index in [1.54, 1.807) is 6.20 Å². The summed E-state index contributed by atoms with van der Waals surface area (Å²) in [4.78, 5) is 4.83. The van der Waals surface area contributed by atoms with Gasteiger partial charge in [-0.3, -0.25) is 0 Å². The summed E-state index contributed by atoms with van der Waals surface area (Å²) in [6.07, 6.45) is -3.57. The second-order valence-electron chi connectivity index (χ2n) is 4.22. The molecule has 3 rings (SSSR count). The maximum Gasteiger partial charge on any atom is 0.573 e. The first-order valence-electron chi connectivity index (χ1n) is 6.22. The van der Waals surface area contributed by atoms with Gasteiger partial charge in [-0.15, -0.1) is 13.2 Å². The number of benzene rings is 1. The van der Waals surface area contributed by atoms with E-state index in [9.17, 15) is 13.2 Å². The van der Waals surface area contributed by atoms with Gasteiger partial charge in [-0.05, 0) is 24.3 Å². The molecule has 0 amide bonds. The van der Waals surface area contributed by atoms with Crippen LogP contribution < -0.4 is 9.47 Å². The van der Waals surface area contributed by atoms with Gasteiger partial charge in [0.2, 0.25) is 0 Å². The third-order valence-electron chi connectivity index (χ3n) is 2.62. The number of alkyl halides is 3.